The number of hydrogen-bond donors (Lipinski definition) is 2. The van der Waals surface area contributed by atoms with Crippen molar-refractivity contribution in [2.24, 2.45) is 0 Å². The molecule has 0 saturated heterocycles. The number of likely N-dealkylation sites (N-methyl/N-ethyl adjacent to an activating group) is 1. The smallest absolute Gasteiger partial charge is 0.226 e. The minimum absolute atomic E-state index is 0.0582. The van der Waals surface area contributed by atoms with Crippen LogP contribution in [0.15, 0.2) is 42.5 Å². The van der Waals surface area contributed by atoms with Gasteiger partial charge in [0.15, 0.2) is 0 Å². The fourth-order valence-corrected chi connectivity index (χ4v) is 2.61. The summed E-state index contributed by atoms with van der Waals surface area (Å²) in [5.74, 6) is -0.0708. The van der Waals surface area contributed by atoms with Gasteiger partial charge in [0.25, 0.3) is 0 Å². The Morgan fingerprint density at radius 1 is 1.13 bits per heavy atom. The van der Waals surface area contributed by atoms with Gasteiger partial charge in [0.1, 0.15) is 0 Å². The number of amides is 1. The number of rotatable bonds is 6. The normalized spacial score (nSPS) is 10.4. The summed E-state index contributed by atoms with van der Waals surface area (Å²) in [7, 11) is 1.67. The van der Waals surface area contributed by atoms with Gasteiger partial charge in [0, 0.05) is 19.3 Å². The van der Waals surface area contributed by atoms with Crippen molar-refractivity contribution >= 4 is 40.5 Å². The van der Waals surface area contributed by atoms with E-state index in [0.29, 0.717) is 22.3 Å². The number of carbonyl (C=O) groups is 1. The van der Waals surface area contributed by atoms with Gasteiger partial charge in [-0.05, 0) is 23.8 Å². The second kappa shape index (κ2) is 8.20. The summed E-state index contributed by atoms with van der Waals surface area (Å²) in [4.78, 5) is 13.7. The molecule has 0 aliphatic heterocycles. The van der Waals surface area contributed by atoms with Crippen LogP contribution >= 0.6 is 23.2 Å². The second-order valence-electron chi connectivity index (χ2n) is 5.09. The quantitative estimate of drug-likeness (QED) is 0.832. The molecule has 0 heterocycles. The maximum atomic E-state index is 12.2. The molecule has 0 fully saturated rings. The van der Waals surface area contributed by atoms with Crippen LogP contribution in [0.25, 0.3) is 0 Å². The van der Waals surface area contributed by atoms with Crippen molar-refractivity contribution in [3.63, 3.8) is 0 Å². The van der Waals surface area contributed by atoms with Crippen LogP contribution in [0.1, 0.15) is 5.56 Å². The molecule has 23 heavy (non-hydrogen) atoms. The molecular weight excluding hydrogens is 335 g/mol. The summed E-state index contributed by atoms with van der Waals surface area (Å²) in [6.07, 6.45) is 0.224. The monoisotopic (exact) mass is 352 g/mol. The van der Waals surface area contributed by atoms with Crippen LogP contribution < -0.4 is 5.32 Å². The zero-order valence-electron chi connectivity index (χ0n) is 12.7. The van der Waals surface area contributed by atoms with E-state index in [1.807, 2.05) is 24.3 Å². The van der Waals surface area contributed by atoms with Crippen LogP contribution in [-0.4, -0.2) is 36.1 Å². The molecule has 122 valence electrons. The summed E-state index contributed by atoms with van der Waals surface area (Å²) in [5, 5.41) is 13.1. The molecule has 0 radical (unpaired) electrons. The molecular formula is C17H18Cl2N2O2. The Hall–Kier alpha value is -1.75. The predicted octanol–water partition coefficient (Wildman–Crippen LogP) is 3.73. The van der Waals surface area contributed by atoms with Crippen LogP contribution in [0.4, 0.5) is 11.4 Å². The first-order valence-electron chi connectivity index (χ1n) is 7.16. The Kier molecular flexibility index (Phi) is 6.28. The van der Waals surface area contributed by atoms with Crippen LogP contribution in [0.3, 0.4) is 0 Å². The lowest BCUT2D eigenvalue weighted by Gasteiger charge is -2.18. The van der Waals surface area contributed by atoms with Crippen molar-refractivity contribution in [3.05, 3.63) is 58.1 Å². The molecule has 0 aliphatic carbocycles. The van der Waals surface area contributed by atoms with Gasteiger partial charge in [0.2, 0.25) is 5.91 Å². The van der Waals surface area contributed by atoms with E-state index in [1.54, 1.807) is 25.2 Å². The van der Waals surface area contributed by atoms with Crippen LogP contribution in [0, 0.1) is 0 Å². The van der Waals surface area contributed by atoms with E-state index in [0.717, 1.165) is 11.3 Å². The fourth-order valence-electron chi connectivity index (χ4n) is 2.12. The van der Waals surface area contributed by atoms with Crippen molar-refractivity contribution in [2.45, 2.75) is 6.42 Å². The summed E-state index contributed by atoms with van der Waals surface area (Å²) >= 11 is 12.4. The van der Waals surface area contributed by atoms with Gasteiger partial charge in [0.05, 0.1) is 28.8 Å². The predicted molar refractivity (Wildman–Crippen MR) is 94.6 cm³/mol. The second-order valence-corrected chi connectivity index (χ2v) is 5.91. The number of nitrogens with zero attached hydrogens (tertiary/aromatic N) is 1. The lowest BCUT2D eigenvalue weighted by atomic mass is 10.1. The third-order valence-corrected chi connectivity index (χ3v) is 4.07. The van der Waals surface area contributed by atoms with Gasteiger partial charge in [-0.1, -0.05) is 47.5 Å². The Morgan fingerprint density at radius 2 is 1.78 bits per heavy atom. The van der Waals surface area contributed by atoms with E-state index in [-0.39, 0.29) is 18.9 Å². The number of anilines is 2. The van der Waals surface area contributed by atoms with E-state index in [2.05, 4.69) is 5.32 Å². The number of aliphatic hydroxyl groups is 1. The Labute approximate surface area is 145 Å². The van der Waals surface area contributed by atoms with Crippen molar-refractivity contribution in [2.75, 3.05) is 25.5 Å². The molecule has 0 spiro atoms. The third kappa shape index (κ3) is 4.61. The molecule has 0 bridgehead atoms. The molecule has 2 aromatic carbocycles. The maximum absolute atomic E-state index is 12.2. The van der Waals surface area contributed by atoms with Gasteiger partial charge < -0.3 is 15.3 Å². The average Bonchev–Trinajstić information content (AvgIpc) is 2.52. The number of hydrogen-bond acceptors (Lipinski definition) is 3. The molecule has 0 unspecified atom stereocenters. The highest BCUT2D eigenvalue weighted by molar-refractivity contribution is 6.39. The lowest BCUT2D eigenvalue weighted by molar-refractivity contribution is -0.129. The number of halogens is 2. The Bertz CT molecular complexity index is 672. The molecule has 6 heteroatoms. The number of benzene rings is 2. The van der Waals surface area contributed by atoms with Crippen molar-refractivity contribution < 1.29 is 9.90 Å². The first-order chi connectivity index (χ1) is 11.0. The molecule has 2 N–H and O–H groups in total. The van der Waals surface area contributed by atoms with Crippen molar-refractivity contribution in [1.29, 1.82) is 0 Å². The highest BCUT2D eigenvalue weighted by atomic mass is 35.5. The molecule has 2 aromatic rings. The minimum Gasteiger partial charge on any atom is -0.395 e. The topological polar surface area (TPSA) is 52.6 Å². The summed E-state index contributed by atoms with van der Waals surface area (Å²) < 4.78 is 0. The Balaban J connectivity index is 2.23. The van der Waals surface area contributed by atoms with Gasteiger partial charge in [-0.15, -0.1) is 0 Å². The van der Waals surface area contributed by atoms with E-state index in [4.69, 9.17) is 28.3 Å². The molecule has 0 atom stereocenters. The standard InChI is InChI=1S/C17H18Cl2N2O2/c1-21(9-10-22)16(23)11-12-5-2-3-8-15(12)20-17-13(18)6-4-7-14(17)19/h2-8,20,22H,9-11H2,1H3. The van der Waals surface area contributed by atoms with E-state index >= 15 is 0 Å². The number of para-hydroxylation sites is 2. The van der Waals surface area contributed by atoms with Crippen LogP contribution in [0.2, 0.25) is 10.0 Å². The average molecular weight is 353 g/mol. The number of nitrogens with one attached hydrogen (secondary N) is 1. The van der Waals surface area contributed by atoms with Gasteiger partial charge >= 0.3 is 0 Å². The Morgan fingerprint density at radius 3 is 2.43 bits per heavy atom. The van der Waals surface area contributed by atoms with Crippen LogP contribution in [-0.2, 0) is 11.2 Å². The van der Waals surface area contributed by atoms with Crippen LogP contribution in [0.5, 0.6) is 0 Å². The first kappa shape index (κ1) is 17.6. The van der Waals surface area contributed by atoms with Crippen molar-refractivity contribution in [1.82, 2.24) is 4.90 Å². The van der Waals surface area contributed by atoms with Gasteiger partial charge in [-0.3, -0.25) is 4.79 Å². The number of carbonyl (C=O) groups excluding carboxylic acids is 1. The maximum Gasteiger partial charge on any atom is 0.226 e. The SMILES string of the molecule is CN(CCO)C(=O)Cc1ccccc1Nc1c(Cl)cccc1Cl. The number of aliphatic hydroxyl groups excluding tert-OH is 1. The zero-order chi connectivity index (χ0) is 16.8. The summed E-state index contributed by atoms with van der Waals surface area (Å²) in [5.41, 5.74) is 2.21. The van der Waals surface area contributed by atoms with Gasteiger partial charge in [-0.2, -0.15) is 0 Å². The lowest BCUT2D eigenvalue weighted by Crippen LogP contribution is -2.30. The van der Waals surface area contributed by atoms with E-state index in [9.17, 15) is 4.79 Å². The first-order valence-corrected chi connectivity index (χ1v) is 7.92. The summed E-state index contributed by atoms with van der Waals surface area (Å²) in [6, 6.07) is 12.8. The molecule has 0 aromatic heterocycles. The zero-order valence-corrected chi connectivity index (χ0v) is 14.2. The van der Waals surface area contributed by atoms with Gasteiger partial charge in [-0.25, -0.2) is 0 Å². The highest BCUT2D eigenvalue weighted by Gasteiger charge is 2.13. The highest BCUT2D eigenvalue weighted by Crippen LogP contribution is 2.33. The van der Waals surface area contributed by atoms with E-state index in [1.165, 1.54) is 4.90 Å². The van der Waals surface area contributed by atoms with E-state index < -0.39 is 0 Å². The summed E-state index contributed by atoms with van der Waals surface area (Å²) in [6.45, 7) is 0.252. The molecule has 2 rings (SSSR count). The third-order valence-electron chi connectivity index (χ3n) is 3.44. The molecule has 0 saturated carbocycles. The molecule has 4 nitrogen and oxygen atoms in total. The molecule has 0 aliphatic rings. The molecule has 1 amide bonds. The largest absolute Gasteiger partial charge is 0.395 e. The fraction of sp³-hybridized carbons (Fsp3) is 0.235. The minimum atomic E-state index is -0.0708. The van der Waals surface area contributed by atoms with Crippen molar-refractivity contribution in [3.8, 4) is 0 Å².